The fraction of sp³-hybridized carbons (Fsp3) is 0.533. The first-order valence-corrected chi connectivity index (χ1v) is 7.47. The van der Waals surface area contributed by atoms with E-state index in [-0.39, 0.29) is 10.9 Å². The second kappa shape index (κ2) is 7.60. The maximum Gasteiger partial charge on any atom is 0.236 e. The number of carbonyl (C=O) groups is 1. The number of rotatable bonds is 4. The molecule has 1 saturated heterocycles. The number of hydrogen-bond acceptors (Lipinski definition) is 2. The number of hydrogen-bond donors (Lipinski definition) is 1. The van der Waals surface area contributed by atoms with E-state index in [0.717, 1.165) is 31.5 Å². The fourth-order valence-corrected chi connectivity index (χ4v) is 2.60. The van der Waals surface area contributed by atoms with E-state index in [1.54, 1.807) is 12.1 Å². The van der Waals surface area contributed by atoms with Crippen molar-refractivity contribution in [1.82, 2.24) is 10.2 Å². The quantitative estimate of drug-likeness (QED) is 0.927. The highest BCUT2D eigenvalue weighted by molar-refractivity contribution is 6.30. The Balaban J connectivity index is 1.76. The molecule has 1 fully saturated rings. The molecule has 1 aliphatic heterocycles. The van der Waals surface area contributed by atoms with Crippen LogP contribution in [0, 0.1) is 5.82 Å². The van der Waals surface area contributed by atoms with Gasteiger partial charge in [-0.3, -0.25) is 4.79 Å². The number of likely N-dealkylation sites (tertiary alicyclic amines) is 1. The van der Waals surface area contributed by atoms with E-state index >= 15 is 0 Å². The second-order valence-electron chi connectivity index (χ2n) is 5.15. The molecule has 1 aromatic rings. The van der Waals surface area contributed by atoms with Gasteiger partial charge in [0.1, 0.15) is 5.82 Å². The van der Waals surface area contributed by atoms with E-state index in [1.807, 2.05) is 4.90 Å². The molecule has 0 spiro atoms. The Kier molecular flexibility index (Phi) is 5.80. The molecule has 0 aromatic heterocycles. The number of nitrogens with zero attached hydrogens (tertiary/aromatic N) is 1. The van der Waals surface area contributed by atoms with Crippen LogP contribution in [0.4, 0.5) is 4.39 Å². The fourth-order valence-electron chi connectivity index (χ4n) is 2.40. The summed E-state index contributed by atoms with van der Waals surface area (Å²) in [6, 6.07) is 4.60. The van der Waals surface area contributed by atoms with Gasteiger partial charge in [-0.2, -0.15) is 0 Å². The van der Waals surface area contributed by atoms with Crippen molar-refractivity contribution < 1.29 is 9.18 Å². The summed E-state index contributed by atoms with van der Waals surface area (Å²) in [6.45, 7) is 2.56. The molecule has 1 aromatic carbocycles. The summed E-state index contributed by atoms with van der Waals surface area (Å²) in [5.74, 6) is -0.281. The van der Waals surface area contributed by atoms with E-state index in [9.17, 15) is 9.18 Å². The van der Waals surface area contributed by atoms with Crippen molar-refractivity contribution in [2.75, 3.05) is 19.6 Å². The first kappa shape index (κ1) is 15.3. The number of nitrogens with one attached hydrogen (secondary N) is 1. The minimum absolute atomic E-state index is 0.114. The van der Waals surface area contributed by atoms with Crippen molar-refractivity contribution in [3.8, 4) is 0 Å². The highest BCUT2D eigenvalue weighted by Gasteiger charge is 2.14. The van der Waals surface area contributed by atoms with E-state index < -0.39 is 5.82 Å². The van der Waals surface area contributed by atoms with Gasteiger partial charge in [0, 0.05) is 19.6 Å². The largest absolute Gasteiger partial charge is 0.342 e. The Labute approximate surface area is 124 Å². The summed E-state index contributed by atoms with van der Waals surface area (Å²) in [4.78, 5) is 14.0. The predicted molar refractivity (Wildman–Crippen MR) is 78.2 cm³/mol. The summed E-state index contributed by atoms with van der Waals surface area (Å²) in [6.07, 6.45) is 4.62. The van der Waals surface area contributed by atoms with Crippen LogP contribution in [0.2, 0.25) is 5.02 Å². The third-order valence-electron chi connectivity index (χ3n) is 3.55. The van der Waals surface area contributed by atoms with Crippen LogP contribution in [0.15, 0.2) is 18.2 Å². The first-order chi connectivity index (χ1) is 9.66. The molecule has 1 heterocycles. The molecule has 20 heavy (non-hydrogen) atoms. The lowest BCUT2D eigenvalue weighted by molar-refractivity contribution is -0.130. The Hall–Kier alpha value is -1.13. The van der Waals surface area contributed by atoms with Gasteiger partial charge in [0.25, 0.3) is 0 Å². The molecule has 0 atom stereocenters. The first-order valence-electron chi connectivity index (χ1n) is 7.09. The van der Waals surface area contributed by atoms with Crippen LogP contribution < -0.4 is 5.32 Å². The summed E-state index contributed by atoms with van der Waals surface area (Å²) >= 11 is 5.72. The van der Waals surface area contributed by atoms with Gasteiger partial charge in [0.15, 0.2) is 0 Å². The highest BCUT2D eigenvalue weighted by atomic mass is 35.5. The zero-order chi connectivity index (χ0) is 14.4. The molecular formula is C15H20ClFN2O. The van der Waals surface area contributed by atoms with Crippen LogP contribution >= 0.6 is 11.6 Å². The molecular weight excluding hydrogens is 279 g/mol. The predicted octanol–water partition coefficient (Wildman–Crippen LogP) is 2.97. The van der Waals surface area contributed by atoms with Gasteiger partial charge in [0.2, 0.25) is 5.91 Å². The third kappa shape index (κ3) is 4.46. The summed E-state index contributed by atoms with van der Waals surface area (Å²) in [5.41, 5.74) is 0.875. The molecule has 2 rings (SSSR count). The molecule has 5 heteroatoms. The normalized spacial score (nSPS) is 16.0. The smallest absolute Gasteiger partial charge is 0.236 e. The van der Waals surface area contributed by atoms with E-state index in [4.69, 9.17) is 11.6 Å². The van der Waals surface area contributed by atoms with Crippen molar-refractivity contribution in [3.05, 3.63) is 34.6 Å². The lowest BCUT2D eigenvalue weighted by Gasteiger charge is -2.20. The van der Waals surface area contributed by atoms with Crippen LogP contribution in [0.1, 0.15) is 31.2 Å². The van der Waals surface area contributed by atoms with Crippen molar-refractivity contribution >= 4 is 17.5 Å². The van der Waals surface area contributed by atoms with Crippen molar-refractivity contribution in [2.45, 2.75) is 32.2 Å². The molecule has 0 unspecified atom stereocenters. The Morgan fingerprint density at radius 3 is 2.60 bits per heavy atom. The van der Waals surface area contributed by atoms with Crippen LogP contribution in [0.5, 0.6) is 0 Å². The van der Waals surface area contributed by atoms with Gasteiger partial charge < -0.3 is 10.2 Å². The maximum absolute atomic E-state index is 13.0. The molecule has 1 amide bonds. The standard InChI is InChI=1S/C15H20ClFN2O/c16-13-9-12(5-6-14(13)17)10-18-11-15(20)19-7-3-1-2-4-8-19/h5-6,9,18H,1-4,7-8,10-11H2. The Morgan fingerprint density at radius 2 is 1.95 bits per heavy atom. The van der Waals surface area contributed by atoms with E-state index in [0.29, 0.717) is 13.1 Å². The number of benzene rings is 1. The molecule has 0 saturated carbocycles. The topological polar surface area (TPSA) is 32.3 Å². The molecule has 110 valence electrons. The van der Waals surface area contributed by atoms with Crippen molar-refractivity contribution in [2.24, 2.45) is 0 Å². The van der Waals surface area contributed by atoms with Gasteiger partial charge >= 0.3 is 0 Å². The number of carbonyl (C=O) groups excluding carboxylic acids is 1. The molecule has 1 aliphatic rings. The summed E-state index contributed by atoms with van der Waals surface area (Å²) in [5, 5.41) is 3.21. The van der Waals surface area contributed by atoms with Gasteiger partial charge in [-0.25, -0.2) is 4.39 Å². The van der Waals surface area contributed by atoms with E-state index in [2.05, 4.69) is 5.32 Å². The monoisotopic (exact) mass is 298 g/mol. The lowest BCUT2D eigenvalue weighted by Crippen LogP contribution is -2.38. The minimum atomic E-state index is -0.420. The van der Waals surface area contributed by atoms with Gasteiger partial charge in [-0.1, -0.05) is 30.5 Å². The number of amides is 1. The second-order valence-corrected chi connectivity index (χ2v) is 5.55. The van der Waals surface area contributed by atoms with Crippen LogP contribution in [0.3, 0.4) is 0 Å². The number of halogens is 2. The Morgan fingerprint density at radius 1 is 1.25 bits per heavy atom. The van der Waals surface area contributed by atoms with Gasteiger partial charge in [0.05, 0.1) is 11.6 Å². The molecule has 3 nitrogen and oxygen atoms in total. The van der Waals surface area contributed by atoms with Crippen LogP contribution in [-0.2, 0) is 11.3 Å². The molecule has 0 aliphatic carbocycles. The van der Waals surface area contributed by atoms with Crippen molar-refractivity contribution in [1.29, 1.82) is 0 Å². The van der Waals surface area contributed by atoms with Crippen LogP contribution in [0.25, 0.3) is 0 Å². The van der Waals surface area contributed by atoms with E-state index in [1.165, 1.54) is 18.9 Å². The SMILES string of the molecule is O=C(CNCc1ccc(F)c(Cl)c1)N1CCCCCC1. The average Bonchev–Trinajstić information content (AvgIpc) is 2.71. The zero-order valence-corrected chi connectivity index (χ0v) is 12.3. The molecule has 0 radical (unpaired) electrons. The summed E-state index contributed by atoms with van der Waals surface area (Å²) < 4.78 is 13.0. The zero-order valence-electron chi connectivity index (χ0n) is 11.5. The Bertz CT molecular complexity index is 459. The van der Waals surface area contributed by atoms with Gasteiger partial charge in [-0.05, 0) is 30.5 Å². The van der Waals surface area contributed by atoms with Crippen LogP contribution in [-0.4, -0.2) is 30.4 Å². The third-order valence-corrected chi connectivity index (χ3v) is 3.84. The highest BCUT2D eigenvalue weighted by Crippen LogP contribution is 2.15. The maximum atomic E-state index is 13.0. The minimum Gasteiger partial charge on any atom is -0.342 e. The molecule has 1 N–H and O–H groups in total. The van der Waals surface area contributed by atoms with Crippen molar-refractivity contribution in [3.63, 3.8) is 0 Å². The average molecular weight is 299 g/mol. The summed E-state index contributed by atoms with van der Waals surface area (Å²) in [7, 11) is 0. The van der Waals surface area contributed by atoms with Gasteiger partial charge in [-0.15, -0.1) is 0 Å². The lowest BCUT2D eigenvalue weighted by atomic mass is 10.2. The molecule has 0 bridgehead atoms.